The second-order valence-electron chi connectivity index (χ2n) is 5.23. The van der Waals surface area contributed by atoms with E-state index in [2.05, 4.69) is 38.3 Å². The lowest BCUT2D eigenvalue weighted by Gasteiger charge is -2.36. The fourth-order valence-electron chi connectivity index (χ4n) is 2.86. The van der Waals surface area contributed by atoms with Crippen molar-refractivity contribution < 1.29 is 0 Å². The molecule has 1 N–H and O–H groups in total. The summed E-state index contributed by atoms with van der Waals surface area (Å²) in [5.41, 5.74) is 1.37. The van der Waals surface area contributed by atoms with Crippen LogP contribution >= 0.6 is 52.3 Å². The Morgan fingerprint density at radius 3 is 2.45 bits per heavy atom. The molecule has 1 atom stereocenters. The van der Waals surface area contributed by atoms with Gasteiger partial charge in [0.15, 0.2) is 0 Å². The summed E-state index contributed by atoms with van der Waals surface area (Å²) in [6.07, 6.45) is 2.71. The van der Waals surface area contributed by atoms with Crippen LogP contribution in [0.4, 0.5) is 0 Å². The molecule has 114 valence electrons. The second kappa shape index (κ2) is 8.21. The smallest absolute Gasteiger partial charge is 0.0410 e. The highest BCUT2D eigenvalue weighted by Gasteiger charge is 2.37. The van der Waals surface area contributed by atoms with E-state index in [0.29, 0.717) is 6.04 Å². The SMILES string of the molecule is Cl.Cl.Clc1ccc(Br)c([C@H](C2CC2)N2CCNCC2)c1. The fraction of sp³-hybridized carbons (Fsp3) is 0.571. The van der Waals surface area contributed by atoms with Crippen LogP contribution in [0.3, 0.4) is 0 Å². The van der Waals surface area contributed by atoms with Crippen molar-refractivity contribution in [1.82, 2.24) is 10.2 Å². The van der Waals surface area contributed by atoms with Crippen LogP contribution in [0.1, 0.15) is 24.4 Å². The lowest BCUT2D eigenvalue weighted by molar-refractivity contribution is 0.155. The van der Waals surface area contributed by atoms with Crippen LogP contribution in [0.15, 0.2) is 22.7 Å². The molecule has 2 aliphatic rings. The molecule has 1 heterocycles. The highest BCUT2D eigenvalue weighted by atomic mass is 79.9. The molecule has 0 radical (unpaired) electrons. The topological polar surface area (TPSA) is 15.3 Å². The number of rotatable bonds is 3. The predicted molar refractivity (Wildman–Crippen MR) is 93.6 cm³/mol. The third kappa shape index (κ3) is 4.25. The van der Waals surface area contributed by atoms with Crippen molar-refractivity contribution in [2.45, 2.75) is 18.9 Å². The second-order valence-corrected chi connectivity index (χ2v) is 6.52. The van der Waals surface area contributed by atoms with Gasteiger partial charge in [-0.3, -0.25) is 4.90 Å². The van der Waals surface area contributed by atoms with Gasteiger partial charge >= 0.3 is 0 Å². The first-order valence-corrected chi connectivity index (χ1v) is 7.82. The van der Waals surface area contributed by atoms with Gasteiger partial charge in [0.05, 0.1) is 0 Å². The maximum atomic E-state index is 6.17. The largest absolute Gasteiger partial charge is 0.314 e. The van der Waals surface area contributed by atoms with E-state index in [1.54, 1.807) is 0 Å². The van der Waals surface area contributed by atoms with Gasteiger partial charge < -0.3 is 5.32 Å². The normalized spacial score (nSPS) is 20.7. The summed E-state index contributed by atoms with van der Waals surface area (Å²) in [4.78, 5) is 2.62. The first kappa shape index (κ1) is 18.5. The average molecular weight is 403 g/mol. The zero-order valence-electron chi connectivity index (χ0n) is 11.1. The van der Waals surface area contributed by atoms with Gasteiger partial charge in [0, 0.05) is 41.7 Å². The molecular formula is C14H20BrCl3N2. The summed E-state index contributed by atoms with van der Waals surface area (Å²) >= 11 is 9.87. The molecule has 1 aromatic rings. The first-order valence-electron chi connectivity index (χ1n) is 6.65. The molecule has 0 unspecified atom stereocenters. The van der Waals surface area contributed by atoms with E-state index < -0.39 is 0 Å². The Morgan fingerprint density at radius 2 is 1.85 bits per heavy atom. The lowest BCUT2D eigenvalue weighted by Crippen LogP contribution is -2.45. The number of hydrogen-bond donors (Lipinski definition) is 1. The molecule has 1 saturated carbocycles. The Morgan fingerprint density at radius 1 is 1.20 bits per heavy atom. The van der Waals surface area contributed by atoms with E-state index in [9.17, 15) is 0 Å². The third-order valence-electron chi connectivity index (χ3n) is 3.89. The molecule has 0 aromatic heterocycles. The van der Waals surface area contributed by atoms with Crippen molar-refractivity contribution in [2.24, 2.45) is 5.92 Å². The zero-order chi connectivity index (χ0) is 12.5. The van der Waals surface area contributed by atoms with Gasteiger partial charge in [-0.25, -0.2) is 0 Å². The molecule has 1 saturated heterocycles. The van der Waals surface area contributed by atoms with Crippen LogP contribution in [0.25, 0.3) is 0 Å². The summed E-state index contributed by atoms with van der Waals surface area (Å²) in [7, 11) is 0. The number of hydrogen-bond acceptors (Lipinski definition) is 2. The Hall–Kier alpha value is 0.490. The number of benzene rings is 1. The average Bonchev–Trinajstić information content (AvgIpc) is 3.20. The summed E-state index contributed by atoms with van der Waals surface area (Å²) in [6, 6.07) is 6.71. The third-order valence-corrected chi connectivity index (χ3v) is 4.85. The van der Waals surface area contributed by atoms with E-state index in [1.165, 1.54) is 22.9 Å². The minimum Gasteiger partial charge on any atom is -0.314 e. The Labute approximate surface area is 146 Å². The van der Waals surface area contributed by atoms with Crippen molar-refractivity contribution in [3.63, 3.8) is 0 Å². The molecule has 1 aliphatic carbocycles. The lowest BCUT2D eigenvalue weighted by atomic mass is 10.00. The van der Waals surface area contributed by atoms with E-state index >= 15 is 0 Å². The van der Waals surface area contributed by atoms with E-state index in [1.807, 2.05) is 6.07 Å². The van der Waals surface area contributed by atoms with Crippen molar-refractivity contribution in [3.05, 3.63) is 33.3 Å². The van der Waals surface area contributed by atoms with Gasteiger partial charge in [0.25, 0.3) is 0 Å². The number of nitrogens with one attached hydrogen (secondary N) is 1. The van der Waals surface area contributed by atoms with Gasteiger partial charge in [-0.2, -0.15) is 0 Å². The van der Waals surface area contributed by atoms with E-state index in [4.69, 9.17) is 11.6 Å². The van der Waals surface area contributed by atoms with E-state index in [0.717, 1.165) is 37.1 Å². The fourth-order valence-corrected chi connectivity index (χ4v) is 3.52. The van der Waals surface area contributed by atoms with Crippen LogP contribution in [0.5, 0.6) is 0 Å². The van der Waals surface area contributed by atoms with Crippen LogP contribution in [-0.4, -0.2) is 31.1 Å². The maximum Gasteiger partial charge on any atom is 0.0410 e. The Bertz CT molecular complexity index is 434. The monoisotopic (exact) mass is 400 g/mol. The number of halogens is 4. The van der Waals surface area contributed by atoms with Crippen LogP contribution < -0.4 is 5.32 Å². The van der Waals surface area contributed by atoms with Crippen LogP contribution in [0.2, 0.25) is 5.02 Å². The summed E-state index contributed by atoms with van der Waals surface area (Å²) in [5.74, 6) is 0.817. The summed E-state index contributed by atoms with van der Waals surface area (Å²) in [6.45, 7) is 4.48. The van der Waals surface area contributed by atoms with Gasteiger partial charge in [0.2, 0.25) is 0 Å². The molecule has 0 amide bonds. The molecule has 2 fully saturated rings. The molecule has 2 nitrogen and oxygen atoms in total. The maximum absolute atomic E-state index is 6.17. The molecule has 1 aliphatic heterocycles. The van der Waals surface area contributed by atoms with Gasteiger partial charge in [0.1, 0.15) is 0 Å². The molecular weight excluding hydrogens is 382 g/mol. The van der Waals surface area contributed by atoms with Crippen LogP contribution in [-0.2, 0) is 0 Å². The van der Waals surface area contributed by atoms with Crippen LogP contribution in [0, 0.1) is 5.92 Å². The zero-order valence-corrected chi connectivity index (χ0v) is 15.1. The standard InChI is InChI=1S/C14H18BrClN2.2ClH/c15-13-4-3-11(16)9-12(13)14(10-1-2-10)18-7-5-17-6-8-18;;/h3-4,9-10,14,17H,1-2,5-8H2;2*1H/t14-;;/m0../s1. The minimum atomic E-state index is 0. The highest BCUT2D eigenvalue weighted by Crippen LogP contribution is 2.46. The molecule has 6 heteroatoms. The molecule has 0 bridgehead atoms. The predicted octanol–water partition coefficient (Wildman–Crippen LogP) is 4.30. The van der Waals surface area contributed by atoms with E-state index in [-0.39, 0.29) is 24.8 Å². The summed E-state index contributed by atoms with van der Waals surface area (Å²) < 4.78 is 1.20. The van der Waals surface area contributed by atoms with Crippen molar-refractivity contribution in [1.29, 1.82) is 0 Å². The van der Waals surface area contributed by atoms with Gasteiger partial charge in [-0.1, -0.05) is 27.5 Å². The highest BCUT2D eigenvalue weighted by molar-refractivity contribution is 9.10. The molecule has 1 aromatic carbocycles. The molecule has 0 spiro atoms. The quantitative estimate of drug-likeness (QED) is 0.811. The number of nitrogens with zero attached hydrogens (tertiary/aromatic N) is 1. The minimum absolute atomic E-state index is 0. The summed E-state index contributed by atoms with van der Waals surface area (Å²) in [5, 5.41) is 4.27. The molecule has 20 heavy (non-hydrogen) atoms. The Kier molecular flexibility index (Phi) is 7.61. The molecule has 3 rings (SSSR count). The van der Waals surface area contributed by atoms with Crippen molar-refractivity contribution in [2.75, 3.05) is 26.2 Å². The van der Waals surface area contributed by atoms with Gasteiger partial charge in [-0.15, -0.1) is 24.8 Å². The van der Waals surface area contributed by atoms with Gasteiger partial charge in [-0.05, 0) is 42.5 Å². The Balaban J connectivity index is 0.000001000. The van der Waals surface area contributed by atoms with Crippen molar-refractivity contribution in [3.8, 4) is 0 Å². The van der Waals surface area contributed by atoms with Crippen molar-refractivity contribution >= 4 is 52.3 Å². The first-order chi connectivity index (χ1) is 8.75. The number of piperazine rings is 1.